The van der Waals surface area contributed by atoms with Gasteiger partial charge in [0.25, 0.3) is 0 Å². The second kappa shape index (κ2) is 56.7. The summed E-state index contributed by atoms with van der Waals surface area (Å²) in [6, 6.07) is 0. The molecule has 0 aliphatic rings. The molecule has 2 unspecified atom stereocenters. The predicted octanol–water partition coefficient (Wildman–Crippen LogP) is 18.3. The van der Waals surface area contributed by atoms with Crippen molar-refractivity contribution in [2.24, 2.45) is 0 Å². The summed E-state index contributed by atoms with van der Waals surface area (Å²) in [6.07, 6.45) is 56.3. The van der Waals surface area contributed by atoms with Gasteiger partial charge in [0.2, 0.25) is 5.12 Å². The Balaban J connectivity index is 0. The average molecular weight is 1000 g/mol. The predicted molar refractivity (Wildman–Crippen MR) is 299 cm³/mol. The number of thioether (sulfide) groups is 4. The Morgan fingerprint density at radius 2 is 0.818 bits per heavy atom. The Morgan fingerprint density at radius 3 is 1.15 bits per heavy atom. The van der Waals surface area contributed by atoms with Crippen molar-refractivity contribution in [2.45, 2.75) is 269 Å². The quantitative estimate of drug-likeness (QED) is 0.0254. The number of ether oxygens (including phenoxy) is 2. The van der Waals surface area contributed by atoms with Crippen molar-refractivity contribution in [1.82, 2.24) is 0 Å². The van der Waals surface area contributed by atoms with Crippen LogP contribution in [-0.2, 0) is 28.7 Å². The molecule has 0 rings (SSSR count). The molecule has 0 fully saturated rings. The Kier molecular flexibility index (Phi) is 57.8. The number of allylic oxidation sites excluding steroid dienone is 3. The van der Waals surface area contributed by atoms with Crippen LogP contribution in [0.4, 0.5) is 0 Å². The van der Waals surface area contributed by atoms with Crippen molar-refractivity contribution in [3.63, 3.8) is 0 Å². The summed E-state index contributed by atoms with van der Waals surface area (Å²) in [5, 5.41) is 1.12. The molecule has 0 spiro atoms. The first-order valence-electron chi connectivity index (χ1n) is 27.2. The molecular weight excluding hydrogens is 897 g/mol. The number of carbonyl (C=O) groups is 4. The molecule has 388 valence electrons. The van der Waals surface area contributed by atoms with E-state index in [1.54, 1.807) is 17.8 Å². The lowest BCUT2D eigenvalue weighted by atomic mass is 10.0. The third-order valence-electron chi connectivity index (χ3n) is 11.9. The van der Waals surface area contributed by atoms with E-state index in [2.05, 4.69) is 33.3 Å². The largest absolute Gasteiger partial charge is 0.466 e. The van der Waals surface area contributed by atoms with E-state index >= 15 is 0 Å². The van der Waals surface area contributed by atoms with E-state index in [1.165, 1.54) is 198 Å². The van der Waals surface area contributed by atoms with E-state index in [0.717, 1.165) is 43.9 Å². The number of carbonyl (C=O) groups excluding carboxylic acids is 4. The Labute approximate surface area is 426 Å². The van der Waals surface area contributed by atoms with Crippen LogP contribution in [0.25, 0.3) is 0 Å². The summed E-state index contributed by atoms with van der Waals surface area (Å²) in [4.78, 5) is 47.3. The summed E-state index contributed by atoms with van der Waals surface area (Å²) in [7, 11) is 0. The molecule has 0 aromatic rings. The molecule has 0 bridgehead atoms. The normalized spacial score (nSPS) is 12.3. The summed E-state index contributed by atoms with van der Waals surface area (Å²) in [6.45, 7) is 9.70. The molecule has 66 heavy (non-hydrogen) atoms. The maximum absolute atomic E-state index is 12.2. The van der Waals surface area contributed by atoms with Crippen molar-refractivity contribution in [1.29, 1.82) is 0 Å². The van der Waals surface area contributed by atoms with E-state index in [9.17, 15) is 19.2 Å². The second-order valence-electron chi connectivity index (χ2n) is 18.2. The second-order valence-corrected chi connectivity index (χ2v) is 22.8. The van der Waals surface area contributed by atoms with Crippen LogP contribution in [0.15, 0.2) is 24.3 Å². The molecule has 0 aliphatic carbocycles. The first-order chi connectivity index (χ1) is 32.2. The van der Waals surface area contributed by atoms with Gasteiger partial charge in [-0.15, -0.1) is 0 Å². The van der Waals surface area contributed by atoms with E-state index < -0.39 is 0 Å². The molecule has 0 heterocycles. The van der Waals surface area contributed by atoms with Gasteiger partial charge in [0.05, 0.1) is 26.1 Å². The highest BCUT2D eigenvalue weighted by molar-refractivity contribution is 8.14. The van der Waals surface area contributed by atoms with Crippen molar-refractivity contribution in [2.75, 3.05) is 37.2 Å². The van der Waals surface area contributed by atoms with Gasteiger partial charge in [-0.3, -0.25) is 19.2 Å². The van der Waals surface area contributed by atoms with Gasteiger partial charge in [0.1, 0.15) is 0 Å². The Morgan fingerprint density at radius 1 is 0.470 bits per heavy atom. The summed E-state index contributed by atoms with van der Waals surface area (Å²) in [5.41, 5.74) is 0. The van der Waals surface area contributed by atoms with Crippen molar-refractivity contribution in [3.05, 3.63) is 24.3 Å². The third-order valence-corrected chi connectivity index (χ3v) is 15.7. The Bertz CT molecular complexity index is 1130. The van der Waals surface area contributed by atoms with Gasteiger partial charge >= 0.3 is 11.9 Å². The average Bonchev–Trinajstić information content (AvgIpc) is 3.31. The molecule has 0 N–H and O–H groups in total. The third kappa shape index (κ3) is 55.8. The van der Waals surface area contributed by atoms with Crippen molar-refractivity contribution >= 4 is 69.2 Å². The fraction of sp³-hybridized carbons (Fsp3) is 0.857. The molecule has 0 saturated carbocycles. The smallest absolute Gasteiger partial charge is 0.306 e. The fourth-order valence-corrected chi connectivity index (χ4v) is 10.5. The van der Waals surface area contributed by atoms with Gasteiger partial charge in [-0.2, -0.15) is 23.5 Å². The van der Waals surface area contributed by atoms with Crippen LogP contribution in [0.2, 0.25) is 0 Å². The SMILES string of the molecule is C/C=C/C=C/C(=O)SCCC(=O)OCCCCCCCCCCCCCCCCCC.CCCCCCCCCCCCCCCCCCOC(=O)CCSC(=O)CC(CC(C)SC)SC. The number of unbranched alkanes of at least 4 members (excludes halogenated alkanes) is 30. The van der Waals surface area contributed by atoms with Gasteiger partial charge in [0.15, 0.2) is 5.12 Å². The van der Waals surface area contributed by atoms with Crippen LogP contribution in [0.3, 0.4) is 0 Å². The first kappa shape index (κ1) is 67.2. The zero-order valence-electron chi connectivity index (χ0n) is 43.8. The zero-order valence-corrected chi connectivity index (χ0v) is 47.1. The number of hydrogen-bond donors (Lipinski definition) is 0. The summed E-state index contributed by atoms with van der Waals surface area (Å²) >= 11 is 6.07. The van der Waals surface area contributed by atoms with E-state index in [4.69, 9.17) is 9.47 Å². The highest BCUT2D eigenvalue weighted by Gasteiger charge is 2.17. The maximum atomic E-state index is 12.2. The minimum Gasteiger partial charge on any atom is -0.466 e. The first-order valence-corrected chi connectivity index (χ1v) is 31.8. The van der Waals surface area contributed by atoms with Gasteiger partial charge in [0, 0.05) is 28.4 Å². The number of hydrogen-bond acceptors (Lipinski definition) is 10. The van der Waals surface area contributed by atoms with E-state index in [-0.39, 0.29) is 22.2 Å². The zero-order chi connectivity index (χ0) is 48.8. The lowest BCUT2D eigenvalue weighted by Crippen LogP contribution is -2.14. The highest BCUT2D eigenvalue weighted by atomic mass is 32.2. The van der Waals surface area contributed by atoms with E-state index in [0.29, 0.717) is 54.5 Å². The monoisotopic (exact) mass is 1000 g/mol. The van der Waals surface area contributed by atoms with Crippen LogP contribution in [0.5, 0.6) is 0 Å². The molecule has 6 nitrogen and oxygen atoms in total. The van der Waals surface area contributed by atoms with Gasteiger partial charge < -0.3 is 9.47 Å². The molecule has 0 aliphatic heterocycles. The molecule has 0 radical (unpaired) electrons. The molecule has 0 aromatic heterocycles. The molecule has 10 heteroatoms. The number of esters is 2. The Hall–Kier alpha value is -0.840. The fourth-order valence-electron chi connectivity index (χ4n) is 7.57. The summed E-state index contributed by atoms with van der Waals surface area (Å²) < 4.78 is 10.6. The molecule has 0 aromatic carbocycles. The minimum absolute atomic E-state index is 0.0243. The lowest BCUT2D eigenvalue weighted by molar-refractivity contribution is -0.144. The van der Waals surface area contributed by atoms with Crippen LogP contribution < -0.4 is 0 Å². The van der Waals surface area contributed by atoms with E-state index in [1.807, 2.05) is 30.8 Å². The van der Waals surface area contributed by atoms with Crippen LogP contribution in [-0.4, -0.2) is 69.9 Å². The lowest BCUT2D eigenvalue weighted by Gasteiger charge is -2.16. The van der Waals surface area contributed by atoms with Crippen LogP contribution in [0.1, 0.15) is 259 Å². The summed E-state index contributed by atoms with van der Waals surface area (Å²) in [5.74, 6) is 0.662. The van der Waals surface area contributed by atoms with Crippen molar-refractivity contribution < 1.29 is 28.7 Å². The van der Waals surface area contributed by atoms with Crippen molar-refractivity contribution in [3.8, 4) is 0 Å². The van der Waals surface area contributed by atoms with Gasteiger partial charge in [-0.1, -0.05) is 255 Å². The molecular formula is C56H104O6S4. The number of rotatable bonds is 48. The maximum Gasteiger partial charge on any atom is 0.306 e. The molecule has 0 saturated heterocycles. The topological polar surface area (TPSA) is 86.7 Å². The van der Waals surface area contributed by atoms with Crippen LogP contribution >= 0.6 is 47.0 Å². The molecule has 0 amide bonds. The highest BCUT2D eigenvalue weighted by Crippen LogP contribution is 2.25. The molecule has 2 atom stereocenters. The van der Waals surface area contributed by atoms with Gasteiger partial charge in [-0.05, 0) is 44.8 Å². The standard InChI is InChI=1S/C29H56O3S3.C27H48O3S/c1-5-6-7-8-9-10-11-12-13-14-15-16-17-18-19-20-22-32-28(30)21-23-35-29(31)25-27(34-4)24-26(2)33-3;1-3-5-7-8-9-10-11-12-13-14-15-16-17-18-19-21-24-30-26(28)23-25-31-27(29)22-20-6-4-2/h26-27H,5-25H2,1-4H3;4,6,20,22H,3,5,7-19,21,23-25H2,1-2H3/b;6-4+,22-20+. The van der Waals surface area contributed by atoms with Crippen LogP contribution in [0, 0.1) is 0 Å². The van der Waals surface area contributed by atoms with Gasteiger partial charge in [-0.25, -0.2) is 0 Å². The minimum atomic E-state index is -0.196.